The summed E-state index contributed by atoms with van der Waals surface area (Å²) in [6.07, 6.45) is 8.07. The van der Waals surface area contributed by atoms with Gasteiger partial charge in [-0.1, -0.05) is 0 Å². The van der Waals surface area contributed by atoms with Crippen molar-refractivity contribution in [1.82, 2.24) is 10.2 Å². The molecule has 1 amide bonds. The van der Waals surface area contributed by atoms with Crippen LogP contribution in [-0.2, 0) is 9.53 Å². The summed E-state index contributed by atoms with van der Waals surface area (Å²) in [4.78, 5) is 13.2. The highest BCUT2D eigenvalue weighted by Crippen LogP contribution is 2.20. The first kappa shape index (κ1) is 13.8. The molecule has 0 saturated carbocycles. The number of ether oxygens (including phenoxy) is 1. The van der Waals surface area contributed by atoms with Crippen LogP contribution in [-0.4, -0.2) is 50.2 Å². The van der Waals surface area contributed by atoms with Gasteiger partial charge in [-0.05, 0) is 57.5 Å². The molecule has 2 saturated heterocycles. The summed E-state index contributed by atoms with van der Waals surface area (Å²) < 4.78 is 5.37. The van der Waals surface area contributed by atoms with Crippen LogP contribution in [0.2, 0.25) is 0 Å². The standard InChI is InChI=1S/C14H26N2O2/c17-12-16(14-3-7-15-8-4-14)9-1-2-13-5-10-18-11-6-13/h12-15H,1-11H2. The molecule has 0 atom stereocenters. The number of nitrogens with one attached hydrogen (secondary N) is 1. The lowest BCUT2D eigenvalue weighted by atomic mass is 9.94. The Morgan fingerprint density at radius 2 is 1.89 bits per heavy atom. The molecule has 2 fully saturated rings. The molecule has 2 aliphatic rings. The molecule has 104 valence electrons. The van der Waals surface area contributed by atoms with Gasteiger partial charge in [-0.25, -0.2) is 0 Å². The van der Waals surface area contributed by atoms with Crippen molar-refractivity contribution in [3.8, 4) is 0 Å². The maximum absolute atomic E-state index is 11.2. The third kappa shape index (κ3) is 4.25. The Hall–Kier alpha value is -0.610. The van der Waals surface area contributed by atoms with Crippen LogP contribution in [0, 0.1) is 5.92 Å². The van der Waals surface area contributed by atoms with Gasteiger partial charge in [-0.2, -0.15) is 0 Å². The van der Waals surface area contributed by atoms with Gasteiger partial charge < -0.3 is 15.0 Å². The SMILES string of the molecule is O=CN(CCCC1CCOCC1)C1CCNCC1. The van der Waals surface area contributed by atoms with Crippen molar-refractivity contribution in [3.63, 3.8) is 0 Å². The molecule has 2 heterocycles. The van der Waals surface area contributed by atoms with Gasteiger partial charge in [0, 0.05) is 25.8 Å². The predicted octanol–water partition coefficient (Wildman–Crippen LogP) is 1.40. The van der Waals surface area contributed by atoms with Crippen LogP contribution >= 0.6 is 0 Å². The maximum Gasteiger partial charge on any atom is 0.209 e. The summed E-state index contributed by atoms with van der Waals surface area (Å²) in [5.41, 5.74) is 0. The van der Waals surface area contributed by atoms with E-state index in [2.05, 4.69) is 5.32 Å². The smallest absolute Gasteiger partial charge is 0.209 e. The van der Waals surface area contributed by atoms with Gasteiger partial charge in [0.2, 0.25) is 6.41 Å². The van der Waals surface area contributed by atoms with Gasteiger partial charge in [-0.15, -0.1) is 0 Å². The Morgan fingerprint density at radius 1 is 1.17 bits per heavy atom. The number of carbonyl (C=O) groups excluding carboxylic acids is 1. The summed E-state index contributed by atoms with van der Waals surface area (Å²) in [5, 5.41) is 3.34. The highest BCUT2D eigenvalue weighted by Gasteiger charge is 2.20. The van der Waals surface area contributed by atoms with E-state index in [9.17, 15) is 4.79 Å². The number of amides is 1. The molecule has 0 radical (unpaired) electrons. The zero-order valence-electron chi connectivity index (χ0n) is 11.3. The van der Waals surface area contributed by atoms with Crippen LogP contribution in [0.5, 0.6) is 0 Å². The average molecular weight is 254 g/mol. The third-order valence-corrected chi connectivity index (χ3v) is 4.28. The second kappa shape index (κ2) is 7.74. The van der Waals surface area contributed by atoms with E-state index in [1.165, 1.54) is 19.3 Å². The van der Waals surface area contributed by atoms with E-state index in [0.29, 0.717) is 6.04 Å². The van der Waals surface area contributed by atoms with E-state index in [1.54, 1.807) is 0 Å². The molecule has 0 bridgehead atoms. The average Bonchev–Trinajstić information content (AvgIpc) is 2.46. The van der Waals surface area contributed by atoms with Crippen molar-refractivity contribution in [2.45, 2.75) is 44.6 Å². The molecule has 2 rings (SSSR count). The number of hydrogen-bond donors (Lipinski definition) is 1. The highest BCUT2D eigenvalue weighted by molar-refractivity contribution is 5.47. The number of piperidine rings is 1. The lowest BCUT2D eigenvalue weighted by Gasteiger charge is -2.32. The number of carbonyl (C=O) groups is 1. The quantitative estimate of drug-likeness (QED) is 0.729. The maximum atomic E-state index is 11.2. The molecular weight excluding hydrogens is 228 g/mol. The van der Waals surface area contributed by atoms with Gasteiger partial charge in [0.15, 0.2) is 0 Å². The van der Waals surface area contributed by atoms with E-state index >= 15 is 0 Å². The highest BCUT2D eigenvalue weighted by atomic mass is 16.5. The summed E-state index contributed by atoms with van der Waals surface area (Å²) in [6.45, 7) is 4.89. The molecule has 0 aromatic heterocycles. The first-order valence-corrected chi connectivity index (χ1v) is 7.39. The summed E-state index contributed by atoms with van der Waals surface area (Å²) in [7, 11) is 0. The van der Waals surface area contributed by atoms with Gasteiger partial charge in [0.1, 0.15) is 0 Å². The van der Waals surface area contributed by atoms with E-state index in [1.807, 2.05) is 4.90 Å². The summed E-state index contributed by atoms with van der Waals surface area (Å²) in [6, 6.07) is 0.471. The number of hydrogen-bond acceptors (Lipinski definition) is 3. The fourth-order valence-corrected chi connectivity index (χ4v) is 3.06. The zero-order valence-corrected chi connectivity index (χ0v) is 11.3. The lowest BCUT2D eigenvalue weighted by molar-refractivity contribution is -0.120. The molecular formula is C14H26N2O2. The molecule has 4 heteroatoms. The van der Waals surface area contributed by atoms with E-state index < -0.39 is 0 Å². The van der Waals surface area contributed by atoms with Crippen LogP contribution in [0.15, 0.2) is 0 Å². The van der Waals surface area contributed by atoms with Gasteiger partial charge in [0.05, 0.1) is 0 Å². The van der Waals surface area contributed by atoms with Crippen molar-refractivity contribution in [2.24, 2.45) is 5.92 Å². The Morgan fingerprint density at radius 3 is 2.56 bits per heavy atom. The largest absolute Gasteiger partial charge is 0.381 e. The van der Waals surface area contributed by atoms with Crippen LogP contribution < -0.4 is 5.32 Å². The predicted molar refractivity (Wildman–Crippen MR) is 71.4 cm³/mol. The Kier molecular flexibility index (Phi) is 5.94. The van der Waals surface area contributed by atoms with E-state index in [0.717, 1.165) is 64.4 Å². The lowest BCUT2D eigenvalue weighted by Crippen LogP contribution is -2.42. The molecule has 1 N–H and O–H groups in total. The van der Waals surface area contributed by atoms with Crippen LogP contribution in [0.1, 0.15) is 38.5 Å². The molecule has 0 aliphatic carbocycles. The van der Waals surface area contributed by atoms with E-state index in [-0.39, 0.29) is 0 Å². The molecule has 2 aliphatic heterocycles. The summed E-state index contributed by atoms with van der Waals surface area (Å²) >= 11 is 0. The first-order chi connectivity index (χ1) is 8.90. The molecule has 4 nitrogen and oxygen atoms in total. The van der Waals surface area contributed by atoms with Crippen LogP contribution in [0.3, 0.4) is 0 Å². The molecule has 0 aromatic rings. The normalized spacial score (nSPS) is 22.9. The van der Waals surface area contributed by atoms with Crippen molar-refractivity contribution < 1.29 is 9.53 Å². The van der Waals surface area contributed by atoms with E-state index in [4.69, 9.17) is 4.74 Å². The Bertz CT molecular complexity index is 236. The molecule has 0 spiro atoms. The minimum atomic E-state index is 0.471. The second-order valence-corrected chi connectivity index (χ2v) is 5.52. The third-order valence-electron chi connectivity index (χ3n) is 4.28. The molecule has 18 heavy (non-hydrogen) atoms. The first-order valence-electron chi connectivity index (χ1n) is 7.39. The Balaban J connectivity index is 1.64. The van der Waals surface area contributed by atoms with Crippen molar-refractivity contribution in [1.29, 1.82) is 0 Å². The van der Waals surface area contributed by atoms with Gasteiger partial charge in [-0.3, -0.25) is 4.79 Å². The Labute approximate surface area is 110 Å². The minimum absolute atomic E-state index is 0.471. The van der Waals surface area contributed by atoms with Gasteiger partial charge >= 0.3 is 0 Å². The second-order valence-electron chi connectivity index (χ2n) is 5.52. The zero-order chi connectivity index (χ0) is 12.6. The topological polar surface area (TPSA) is 41.6 Å². The minimum Gasteiger partial charge on any atom is -0.381 e. The van der Waals surface area contributed by atoms with Crippen molar-refractivity contribution >= 4 is 6.41 Å². The monoisotopic (exact) mass is 254 g/mol. The van der Waals surface area contributed by atoms with Crippen molar-refractivity contribution in [2.75, 3.05) is 32.8 Å². The summed E-state index contributed by atoms with van der Waals surface area (Å²) in [5.74, 6) is 0.820. The fraction of sp³-hybridized carbons (Fsp3) is 0.929. The fourth-order valence-electron chi connectivity index (χ4n) is 3.06. The van der Waals surface area contributed by atoms with Gasteiger partial charge in [0.25, 0.3) is 0 Å². The van der Waals surface area contributed by atoms with Crippen molar-refractivity contribution in [3.05, 3.63) is 0 Å². The molecule has 0 aromatic carbocycles. The van der Waals surface area contributed by atoms with Crippen LogP contribution in [0.4, 0.5) is 0 Å². The molecule has 0 unspecified atom stereocenters. The van der Waals surface area contributed by atoms with Crippen LogP contribution in [0.25, 0.3) is 0 Å². The number of rotatable bonds is 6. The number of nitrogens with zero attached hydrogens (tertiary/aromatic N) is 1.